The zero-order valence-corrected chi connectivity index (χ0v) is 17.5. The molecule has 1 saturated heterocycles. The van der Waals surface area contributed by atoms with Crippen LogP contribution in [0.4, 0.5) is 11.4 Å². The minimum atomic E-state index is -0.332. The van der Waals surface area contributed by atoms with Crippen LogP contribution in [-0.2, 0) is 9.59 Å². The summed E-state index contributed by atoms with van der Waals surface area (Å²) in [6.07, 6.45) is 2.03. The van der Waals surface area contributed by atoms with Crippen LogP contribution in [0.3, 0.4) is 0 Å². The molecule has 30 heavy (non-hydrogen) atoms. The quantitative estimate of drug-likeness (QED) is 0.797. The summed E-state index contributed by atoms with van der Waals surface area (Å²) >= 11 is 1.42. The number of ether oxygens (including phenoxy) is 1. The smallest absolute Gasteiger partial charge is 0.253 e. The van der Waals surface area contributed by atoms with Gasteiger partial charge in [0.1, 0.15) is 12.3 Å². The van der Waals surface area contributed by atoms with Crippen molar-refractivity contribution in [3.05, 3.63) is 48.0 Å². The van der Waals surface area contributed by atoms with Crippen LogP contribution in [0.25, 0.3) is 0 Å². The summed E-state index contributed by atoms with van der Waals surface area (Å²) in [5.74, 6) is 0.284. The van der Waals surface area contributed by atoms with Crippen molar-refractivity contribution in [3.8, 4) is 5.75 Å². The number of carbonyl (C=O) groups excluding carboxylic acids is 3. The molecule has 0 atom stereocenters. The number of rotatable bonds is 5. The number of likely N-dealkylation sites (tertiary alicyclic amines) is 1. The number of nitrogens with one attached hydrogen (secondary N) is 1. The van der Waals surface area contributed by atoms with Crippen LogP contribution < -0.4 is 15.0 Å². The molecule has 0 aliphatic carbocycles. The maximum atomic E-state index is 12.8. The predicted molar refractivity (Wildman–Crippen MR) is 116 cm³/mol. The van der Waals surface area contributed by atoms with E-state index in [-0.39, 0.29) is 30.0 Å². The van der Waals surface area contributed by atoms with Gasteiger partial charge in [0, 0.05) is 23.5 Å². The van der Waals surface area contributed by atoms with Gasteiger partial charge in [-0.3, -0.25) is 14.4 Å². The normalized spacial score (nSPS) is 15.7. The van der Waals surface area contributed by atoms with Crippen molar-refractivity contribution in [2.24, 2.45) is 0 Å². The monoisotopic (exact) mass is 425 g/mol. The number of benzene rings is 2. The van der Waals surface area contributed by atoms with E-state index in [0.717, 1.165) is 30.8 Å². The number of carbonyl (C=O) groups is 3. The maximum absolute atomic E-state index is 12.8. The molecule has 2 heterocycles. The van der Waals surface area contributed by atoms with Crippen molar-refractivity contribution in [1.82, 2.24) is 4.90 Å². The molecule has 0 unspecified atom stereocenters. The largest absolute Gasteiger partial charge is 0.495 e. The molecule has 1 fully saturated rings. The lowest BCUT2D eigenvalue weighted by molar-refractivity contribution is -0.120. The zero-order chi connectivity index (χ0) is 21.1. The molecule has 0 saturated carbocycles. The van der Waals surface area contributed by atoms with Gasteiger partial charge in [-0.25, -0.2) is 0 Å². The second-order valence-electron chi connectivity index (χ2n) is 7.20. The van der Waals surface area contributed by atoms with E-state index in [1.807, 2.05) is 17.0 Å². The summed E-state index contributed by atoms with van der Waals surface area (Å²) in [5.41, 5.74) is 1.69. The van der Waals surface area contributed by atoms with Gasteiger partial charge >= 0.3 is 0 Å². The minimum Gasteiger partial charge on any atom is -0.495 e. The third-order valence-corrected chi connectivity index (χ3v) is 6.27. The minimum absolute atomic E-state index is 0.0308. The first-order valence-electron chi connectivity index (χ1n) is 9.86. The lowest BCUT2D eigenvalue weighted by Gasteiger charge is -2.29. The highest BCUT2D eigenvalue weighted by molar-refractivity contribution is 8.00. The number of methoxy groups -OCH3 is 1. The Balaban J connectivity index is 1.55. The first kappa shape index (κ1) is 20.3. The molecule has 1 N–H and O–H groups in total. The fourth-order valence-corrected chi connectivity index (χ4v) is 4.61. The topological polar surface area (TPSA) is 79.0 Å². The molecular weight excluding hydrogens is 402 g/mol. The zero-order valence-electron chi connectivity index (χ0n) is 16.7. The highest BCUT2D eigenvalue weighted by Gasteiger charge is 2.29. The molecule has 0 bridgehead atoms. The number of anilines is 2. The highest BCUT2D eigenvalue weighted by Crippen LogP contribution is 2.36. The van der Waals surface area contributed by atoms with Gasteiger partial charge in [0.2, 0.25) is 11.8 Å². The Kier molecular flexibility index (Phi) is 5.94. The van der Waals surface area contributed by atoms with E-state index in [2.05, 4.69) is 5.32 Å². The molecule has 0 spiro atoms. The van der Waals surface area contributed by atoms with Gasteiger partial charge in [0.05, 0.1) is 24.2 Å². The highest BCUT2D eigenvalue weighted by atomic mass is 32.2. The molecule has 2 aliphatic rings. The summed E-state index contributed by atoms with van der Waals surface area (Å²) in [6.45, 7) is 1.38. The number of amides is 3. The molecule has 2 aliphatic heterocycles. The van der Waals surface area contributed by atoms with Crippen LogP contribution in [0.2, 0.25) is 0 Å². The van der Waals surface area contributed by atoms with Crippen molar-refractivity contribution in [1.29, 1.82) is 0 Å². The van der Waals surface area contributed by atoms with E-state index in [1.165, 1.54) is 23.8 Å². The summed E-state index contributed by atoms with van der Waals surface area (Å²) in [4.78, 5) is 42.3. The van der Waals surface area contributed by atoms with Crippen molar-refractivity contribution in [2.75, 3.05) is 42.7 Å². The number of thioether (sulfide) groups is 1. The van der Waals surface area contributed by atoms with E-state index in [1.54, 1.807) is 30.3 Å². The molecule has 156 valence electrons. The molecule has 2 aromatic carbocycles. The van der Waals surface area contributed by atoms with Gasteiger partial charge in [-0.2, -0.15) is 0 Å². The molecule has 0 radical (unpaired) electrons. The van der Waals surface area contributed by atoms with Crippen molar-refractivity contribution in [2.45, 2.75) is 17.7 Å². The first-order valence-corrected chi connectivity index (χ1v) is 10.8. The van der Waals surface area contributed by atoms with Crippen LogP contribution in [0.5, 0.6) is 5.75 Å². The number of nitrogens with zero attached hydrogens (tertiary/aromatic N) is 2. The summed E-state index contributed by atoms with van der Waals surface area (Å²) in [6, 6.07) is 12.5. The summed E-state index contributed by atoms with van der Waals surface area (Å²) in [5, 5.41) is 2.80. The van der Waals surface area contributed by atoms with Crippen LogP contribution in [0.15, 0.2) is 47.4 Å². The maximum Gasteiger partial charge on any atom is 0.253 e. The van der Waals surface area contributed by atoms with E-state index in [0.29, 0.717) is 22.7 Å². The third-order valence-electron chi connectivity index (χ3n) is 5.22. The predicted octanol–water partition coefficient (Wildman–Crippen LogP) is 3.01. The summed E-state index contributed by atoms with van der Waals surface area (Å²) < 4.78 is 5.26. The molecule has 7 nitrogen and oxygen atoms in total. The fraction of sp³-hybridized carbons (Fsp3) is 0.318. The molecule has 8 heteroatoms. The SMILES string of the molecule is COc1ccccc1NC(=O)CN1C(=O)CSc2ccc(C(=O)N3CCCC3)cc21. The lowest BCUT2D eigenvalue weighted by Crippen LogP contribution is -2.41. The second-order valence-corrected chi connectivity index (χ2v) is 8.22. The molecule has 0 aromatic heterocycles. The Labute approximate surface area is 179 Å². The first-order chi connectivity index (χ1) is 14.6. The van der Waals surface area contributed by atoms with E-state index < -0.39 is 0 Å². The van der Waals surface area contributed by atoms with Crippen LogP contribution in [-0.4, -0.2) is 55.1 Å². The standard InChI is InChI=1S/C22H23N3O4S/c1-29-18-7-3-2-6-16(18)23-20(26)13-25-17-12-15(22(28)24-10-4-5-11-24)8-9-19(17)30-14-21(25)27/h2-3,6-9,12H,4-5,10-11,13-14H2,1H3,(H,23,26). The number of para-hydroxylation sites is 2. The Morgan fingerprint density at radius 2 is 1.90 bits per heavy atom. The van der Waals surface area contributed by atoms with Crippen LogP contribution in [0.1, 0.15) is 23.2 Å². The fourth-order valence-electron chi connectivity index (χ4n) is 3.69. The van der Waals surface area contributed by atoms with Crippen molar-refractivity contribution < 1.29 is 19.1 Å². The average molecular weight is 426 g/mol. The average Bonchev–Trinajstić information content (AvgIpc) is 3.30. The van der Waals surface area contributed by atoms with Crippen LogP contribution >= 0.6 is 11.8 Å². The lowest BCUT2D eigenvalue weighted by atomic mass is 10.1. The second kappa shape index (κ2) is 8.79. The third kappa shape index (κ3) is 4.14. The van der Waals surface area contributed by atoms with Crippen molar-refractivity contribution >= 4 is 40.9 Å². The van der Waals surface area contributed by atoms with E-state index in [4.69, 9.17) is 4.74 Å². The van der Waals surface area contributed by atoms with Gasteiger partial charge in [0.15, 0.2) is 0 Å². The Morgan fingerprint density at radius 3 is 2.67 bits per heavy atom. The van der Waals surface area contributed by atoms with Gasteiger partial charge in [-0.15, -0.1) is 11.8 Å². The summed E-state index contributed by atoms with van der Waals surface area (Å²) in [7, 11) is 1.53. The number of hydrogen-bond acceptors (Lipinski definition) is 5. The molecule has 3 amide bonds. The van der Waals surface area contributed by atoms with Gasteiger partial charge in [0.25, 0.3) is 5.91 Å². The Morgan fingerprint density at radius 1 is 1.13 bits per heavy atom. The van der Waals surface area contributed by atoms with E-state index in [9.17, 15) is 14.4 Å². The molecular formula is C22H23N3O4S. The number of hydrogen-bond donors (Lipinski definition) is 1. The Bertz CT molecular complexity index is 988. The number of fused-ring (bicyclic) bond motifs is 1. The molecule has 4 rings (SSSR count). The Hall–Kier alpha value is -3.00. The van der Waals surface area contributed by atoms with Crippen molar-refractivity contribution in [3.63, 3.8) is 0 Å². The van der Waals surface area contributed by atoms with Gasteiger partial charge < -0.3 is 19.9 Å². The van der Waals surface area contributed by atoms with Gasteiger partial charge in [-0.05, 0) is 43.2 Å². The van der Waals surface area contributed by atoms with Crippen LogP contribution in [0, 0.1) is 0 Å². The van der Waals surface area contributed by atoms with E-state index >= 15 is 0 Å². The molecule has 2 aromatic rings. The van der Waals surface area contributed by atoms with Gasteiger partial charge in [-0.1, -0.05) is 12.1 Å².